The quantitative estimate of drug-likeness (QED) is 0.685. The summed E-state index contributed by atoms with van der Waals surface area (Å²) in [6.07, 6.45) is 5.26. The molecule has 0 unspecified atom stereocenters. The molecule has 76 valence electrons. The number of carbonyl (C=O) groups excluding carboxylic acids is 1. The molecule has 0 aliphatic heterocycles. The van der Waals surface area contributed by atoms with E-state index >= 15 is 0 Å². The SMILES string of the molecule is CC(C)(NCC1CCCC1)C(N)=O. The fourth-order valence-corrected chi connectivity index (χ4v) is 1.70. The number of hydrogen-bond acceptors (Lipinski definition) is 2. The molecule has 1 aliphatic carbocycles. The lowest BCUT2D eigenvalue weighted by Crippen LogP contribution is -2.51. The summed E-state index contributed by atoms with van der Waals surface area (Å²) in [5, 5.41) is 3.23. The van der Waals surface area contributed by atoms with Gasteiger partial charge in [0.1, 0.15) is 0 Å². The van der Waals surface area contributed by atoms with Gasteiger partial charge in [0.2, 0.25) is 5.91 Å². The van der Waals surface area contributed by atoms with E-state index in [1.807, 2.05) is 13.8 Å². The molecular formula is C10H20N2O. The van der Waals surface area contributed by atoms with Crippen LogP contribution < -0.4 is 11.1 Å². The summed E-state index contributed by atoms with van der Waals surface area (Å²) in [4.78, 5) is 11.0. The molecule has 0 aromatic carbocycles. The van der Waals surface area contributed by atoms with Crippen molar-refractivity contribution in [3.63, 3.8) is 0 Å². The Morgan fingerprint density at radius 2 is 2.00 bits per heavy atom. The van der Waals surface area contributed by atoms with Crippen molar-refractivity contribution in [1.82, 2.24) is 5.32 Å². The third-order valence-corrected chi connectivity index (χ3v) is 2.92. The monoisotopic (exact) mass is 184 g/mol. The number of primary amides is 1. The van der Waals surface area contributed by atoms with Crippen LogP contribution in [0.2, 0.25) is 0 Å². The average molecular weight is 184 g/mol. The van der Waals surface area contributed by atoms with Crippen molar-refractivity contribution in [3.05, 3.63) is 0 Å². The summed E-state index contributed by atoms with van der Waals surface area (Å²) in [5.41, 5.74) is 4.70. The van der Waals surface area contributed by atoms with E-state index in [1.54, 1.807) is 0 Å². The van der Waals surface area contributed by atoms with Gasteiger partial charge in [-0.05, 0) is 39.2 Å². The summed E-state index contributed by atoms with van der Waals surface area (Å²) in [5.74, 6) is 0.476. The first-order valence-corrected chi connectivity index (χ1v) is 5.07. The topological polar surface area (TPSA) is 55.1 Å². The van der Waals surface area contributed by atoms with Crippen LogP contribution in [0.4, 0.5) is 0 Å². The Morgan fingerprint density at radius 1 is 1.46 bits per heavy atom. The zero-order chi connectivity index (χ0) is 9.90. The second-order valence-corrected chi connectivity index (χ2v) is 4.52. The maximum absolute atomic E-state index is 11.0. The van der Waals surface area contributed by atoms with Crippen molar-refractivity contribution in [3.8, 4) is 0 Å². The van der Waals surface area contributed by atoms with Crippen LogP contribution in [-0.2, 0) is 4.79 Å². The van der Waals surface area contributed by atoms with Crippen LogP contribution in [0.15, 0.2) is 0 Å². The fourth-order valence-electron chi connectivity index (χ4n) is 1.70. The number of amides is 1. The predicted molar refractivity (Wildman–Crippen MR) is 53.2 cm³/mol. The highest BCUT2D eigenvalue weighted by molar-refractivity contribution is 5.83. The van der Waals surface area contributed by atoms with E-state index in [0.29, 0.717) is 0 Å². The first-order valence-electron chi connectivity index (χ1n) is 5.07. The van der Waals surface area contributed by atoms with E-state index in [2.05, 4.69) is 5.32 Å². The number of hydrogen-bond donors (Lipinski definition) is 2. The molecule has 0 aromatic rings. The third kappa shape index (κ3) is 2.99. The van der Waals surface area contributed by atoms with Gasteiger partial charge in [-0.3, -0.25) is 4.79 Å². The maximum atomic E-state index is 11.0. The number of carbonyl (C=O) groups is 1. The minimum Gasteiger partial charge on any atom is -0.368 e. The van der Waals surface area contributed by atoms with E-state index in [9.17, 15) is 4.79 Å². The Bertz CT molecular complexity index is 183. The molecule has 0 bridgehead atoms. The molecule has 3 N–H and O–H groups in total. The number of nitrogens with one attached hydrogen (secondary N) is 1. The molecule has 13 heavy (non-hydrogen) atoms. The molecule has 1 saturated carbocycles. The highest BCUT2D eigenvalue weighted by atomic mass is 16.1. The standard InChI is InChI=1S/C10H20N2O/c1-10(2,9(11)13)12-7-8-5-3-4-6-8/h8,12H,3-7H2,1-2H3,(H2,11,13). The molecule has 3 heteroatoms. The minimum absolute atomic E-state index is 0.273. The second-order valence-electron chi connectivity index (χ2n) is 4.52. The Morgan fingerprint density at radius 3 is 2.46 bits per heavy atom. The van der Waals surface area contributed by atoms with E-state index in [-0.39, 0.29) is 5.91 Å². The zero-order valence-electron chi connectivity index (χ0n) is 8.60. The van der Waals surface area contributed by atoms with Crippen molar-refractivity contribution in [2.45, 2.75) is 45.1 Å². The summed E-state index contributed by atoms with van der Waals surface area (Å²) in [6, 6.07) is 0. The van der Waals surface area contributed by atoms with Crippen molar-refractivity contribution in [2.24, 2.45) is 11.7 Å². The van der Waals surface area contributed by atoms with Gasteiger partial charge in [0.25, 0.3) is 0 Å². The largest absolute Gasteiger partial charge is 0.368 e. The summed E-state index contributed by atoms with van der Waals surface area (Å²) in [7, 11) is 0. The van der Waals surface area contributed by atoms with Crippen LogP contribution >= 0.6 is 0 Å². The highest BCUT2D eigenvalue weighted by Gasteiger charge is 2.25. The molecule has 0 atom stereocenters. The van der Waals surface area contributed by atoms with Crippen LogP contribution in [0.25, 0.3) is 0 Å². The van der Waals surface area contributed by atoms with Gasteiger partial charge in [-0.2, -0.15) is 0 Å². The average Bonchev–Trinajstić information content (AvgIpc) is 2.52. The van der Waals surface area contributed by atoms with Gasteiger partial charge >= 0.3 is 0 Å². The van der Waals surface area contributed by atoms with Gasteiger partial charge in [-0.1, -0.05) is 12.8 Å². The van der Waals surface area contributed by atoms with Crippen LogP contribution in [0.3, 0.4) is 0 Å². The molecule has 1 rings (SSSR count). The van der Waals surface area contributed by atoms with Gasteiger partial charge in [-0.15, -0.1) is 0 Å². The van der Waals surface area contributed by atoms with E-state index in [4.69, 9.17) is 5.73 Å². The van der Waals surface area contributed by atoms with Crippen molar-refractivity contribution in [1.29, 1.82) is 0 Å². The molecule has 1 fully saturated rings. The smallest absolute Gasteiger partial charge is 0.237 e. The molecule has 0 radical (unpaired) electrons. The molecule has 0 saturated heterocycles. The Balaban J connectivity index is 2.28. The molecule has 0 heterocycles. The van der Waals surface area contributed by atoms with Crippen molar-refractivity contribution < 1.29 is 4.79 Å². The highest BCUT2D eigenvalue weighted by Crippen LogP contribution is 2.24. The van der Waals surface area contributed by atoms with Gasteiger partial charge in [0.05, 0.1) is 5.54 Å². The van der Waals surface area contributed by atoms with Crippen LogP contribution in [0.1, 0.15) is 39.5 Å². The Hall–Kier alpha value is -0.570. The lowest BCUT2D eigenvalue weighted by molar-refractivity contribution is -0.123. The van der Waals surface area contributed by atoms with Crippen molar-refractivity contribution in [2.75, 3.05) is 6.54 Å². The van der Waals surface area contributed by atoms with Gasteiger partial charge < -0.3 is 11.1 Å². The lowest BCUT2D eigenvalue weighted by atomic mass is 10.0. The van der Waals surface area contributed by atoms with E-state index in [1.165, 1.54) is 25.7 Å². The maximum Gasteiger partial charge on any atom is 0.237 e. The summed E-state index contributed by atoms with van der Waals surface area (Å²) >= 11 is 0. The molecule has 0 aromatic heterocycles. The normalized spacial score (nSPS) is 19.2. The first kappa shape index (κ1) is 10.5. The Kier molecular flexibility index (Phi) is 3.31. The summed E-state index contributed by atoms with van der Waals surface area (Å²) < 4.78 is 0. The Labute approximate surface area is 80.1 Å². The fraction of sp³-hybridized carbons (Fsp3) is 0.900. The summed E-state index contributed by atoms with van der Waals surface area (Å²) in [6.45, 7) is 4.60. The van der Waals surface area contributed by atoms with E-state index < -0.39 is 5.54 Å². The molecular weight excluding hydrogens is 164 g/mol. The van der Waals surface area contributed by atoms with Crippen LogP contribution in [0, 0.1) is 5.92 Å². The lowest BCUT2D eigenvalue weighted by Gasteiger charge is -2.24. The molecule has 1 aliphatic rings. The first-order chi connectivity index (χ1) is 6.02. The second kappa shape index (κ2) is 4.09. The number of nitrogens with two attached hydrogens (primary N) is 1. The molecule has 1 amide bonds. The van der Waals surface area contributed by atoms with E-state index in [0.717, 1.165) is 12.5 Å². The zero-order valence-corrected chi connectivity index (χ0v) is 8.60. The van der Waals surface area contributed by atoms with Gasteiger partial charge in [0, 0.05) is 0 Å². The van der Waals surface area contributed by atoms with Gasteiger partial charge in [0.15, 0.2) is 0 Å². The molecule has 3 nitrogen and oxygen atoms in total. The van der Waals surface area contributed by atoms with Crippen molar-refractivity contribution >= 4 is 5.91 Å². The minimum atomic E-state index is -0.553. The third-order valence-electron chi connectivity index (χ3n) is 2.92. The van der Waals surface area contributed by atoms with Crippen LogP contribution in [0.5, 0.6) is 0 Å². The number of rotatable bonds is 4. The van der Waals surface area contributed by atoms with Gasteiger partial charge in [-0.25, -0.2) is 0 Å². The molecule has 0 spiro atoms. The van der Waals surface area contributed by atoms with Crippen LogP contribution in [-0.4, -0.2) is 18.0 Å². The predicted octanol–water partition coefficient (Wildman–Crippen LogP) is 1.03.